The molecule has 0 bridgehead atoms. The van der Waals surface area contributed by atoms with Gasteiger partial charge in [-0.1, -0.05) is 17.7 Å². The Morgan fingerprint density at radius 2 is 1.50 bits per heavy atom. The Labute approximate surface area is 112 Å². The third kappa shape index (κ3) is 3.79. The molecule has 94 valence electrons. The van der Waals surface area contributed by atoms with E-state index in [0.717, 1.165) is 17.3 Å². The van der Waals surface area contributed by atoms with Gasteiger partial charge < -0.3 is 10.5 Å². The third-order valence-electron chi connectivity index (χ3n) is 2.47. The second-order valence-electron chi connectivity index (χ2n) is 4.02. The van der Waals surface area contributed by atoms with Crippen LogP contribution in [0.15, 0.2) is 53.4 Å². The van der Waals surface area contributed by atoms with E-state index in [1.165, 1.54) is 10.5 Å². The predicted molar refractivity (Wildman–Crippen MR) is 77.5 cm³/mol. The molecular formula is C15H17NOS. The summed E-state index contributed by atoms with van der Waals surface area (Å²) in [6.45, 7) is 2.76. The van der Waals surface area contributed by atoms with Gasteiger partial charge in [0, 0.05) is 17.2 Å². The summed E-state index contributed by atoms with van der Waals surface area (Å²) in [5.74, 6) is 2.66. The number of hydrogen-bond donors (Lipinski definition) is 1. The molecule has 0 unspecified atom stereocenters. The molecule has 0 aliphatic carbocycles. The van der Waals surface area contributed by atoms with Gasteiger partial charge in [0.2, 0.25) is 0 Å². The molecule has 0 radical (unpaired) electrons. The zero-order valence-corrected chi connectivity index (χ0v) is 11.2. The first-order valence-corrected chi connectivity index (χ1v) is 6.94. The number of ether oxygens (including phenoxy) is 1. The van der Waals surface area contributed by atoms with Crippen LogP contribution in [0.3, 0.4) is 0 Å². The monoisotopic (exact) mass is 259 g/mol. The zero-order chi connectivity index (χ0) is 12.8. The fraction of sp³-hybridized carbons (Fsp3) is 0.200. The highest BCUT2D eigenvalue weighted by Crippen LogP contribution is 2.25. The Hall–Kier alpha value is -1.45. The molecule has 0 aliphatic rings. The lowest BCUT2D eigenvalue weighted by Gasteiger charge is -2.06. The fourth-order valence-corrected chi connectivity index (χ4v) is 2.21. The molecule has 2 aromatic carbocycles. The standard InChI is InChI=1S/C15H17NOS/c1-12-2-4-13(5-3-12)17-14-6-8-15(9-7-14)18-11-10-16/h2-9H,10-11,16H2,1H3. The summed E-state index contributed by atoms with van der Waals surface area (Å²) < 4.78 is 5.76. The van der Waals surface area contributed by atoms with E-state index in [4.69, 9.17) is 10.5 Å². The van der Waals surface area contributed by atoms with E-state index in [1.54, 1.807) is 11.8 Å². The second kappa shape index (κ2) is 6.47. The van der Waals surface area contributed by atoms with E-state index in [1.807, 2.05) is 36.4 Å². The van der Waals surface area contributed by atoms with Gasteiger partial charge in [0.25, 0.3) is 0 Å². The zero-order valence-electron chi connectivity index (χ0n) is 10.4. The van der Waals surface area contributed by atoms with Crippen molar-refractivity contribution in [2.75, 3.05) is 12.3 Å². The molecule has 0 saturated carbocycles. The highest BCUT2D eigenvalue weighted by molar-refractivity contribution is 7.99. The van der Waals surface area contributed by atoms with Gasteiger partial charge in [-0.25, -0.2) is 0 Å². The van der Waals surface area contributed by atoms with Crippen LogP contribution in [0.1, 0.15) is 5.56 Å². The van der Waals surface area contributed by atoms with E-state index in [0.29, 0.717) is 6.54 Å². The van der Waals surface area contributed by atoms with Crippen molar-refractivity contribution in [3.8, 4) is 11.5 Å². The number of benzene rings is 2. The SMILES string of the molecule is Cc1ccc(Oc2ccc(SCCN)cc2)cc1. The van der Waals surface area contributed by atoms with Crippen LogP contribution in [0.2, 0.25) is 0 Å². The predicted octanol–water partition coefficient (Wildman–Crippen LogP) is 3.84. The first-order valence-electron chi connectivity index (χ1n) is 5.95. The van der Waals surface area contributed by atoms with Crippen LogP contribution in [-0.2, 0) is 0 Å². The molecule has 0 heterocycles. The molecular weight excluding hydrogens is 242 g/mol. The number of rotatable bonds is 5. The van der Waals surface area contributed by atoms with Crippen molar-refractivity contribution in [3.05, 3.63) is 54.1 Å². The molecule has 2 nitrogen and oxygen atoms in total. The Morgan fingerprint density at radius 3 is 2.06 bits per heavy atom. The Morgan fingerprint density at radius 1 is 0.944 bits per heavy atom. The lowest BCUT2D eigenvalue weighted by molar-refractivity contribution is 0.482. The van der Waals surface area contributed by atoms with Crippen molar-refractivity contribution in [1.82, 2.24) is 0 Å². The molecule has 0 aliphatic heterocycles. The van der Waals surface area contributed by atoms with E-state index >= 15 is 0 Å². The molecule has 0 fully saturated rings. The third-order valence-corrected chi connectivity index (χ3v) is 3.51. The first kappa shape index (κ1) is 13.0. The molecule has 2 aromatic rings. The molecule has 3 heteroatoms. The van der Waals surface area contributed by atoms with Crippen LogP contribution in [0.5, 0.6) is 11.5 Å². The maximum absolute atomic E-state index is 5.76. The van der Waals surface area contributed by atoms with Crippen LogP contribution in [-0.4, -0.2) is 12.3 Å². The Balaban J connectivity index is 1.99. The van der Waals surface area contributed by atoms with Crippen molar-refractivity contribution in [1.29, 1.82) is 0 Å². The highest BCUT2D eigenvalue weighted by atomic mass is 32.2. The maximum atomic E-state index is 5.76. The largest absolute Gasteiger partial charge is 0.457 e. The van der Waals surface area contributed by atoms with Gasteiger partial charge in [-0.05, 0) is 43.3 Å². The molecule has 0 spiro atoms. The number of hydrogen-bond acceptors (Lipinski definition) is 3. The number of aryl methyl sites for hydroxylation is 1. The summed E-state index contributed by atoms with van der Waals surface area (Å²) >= 11 is 1.76. The van der Waals surface area contributed by atoms with Crippen molar-refractivity contribution < 1.29 is 4.74 Å². The summed E-state index contributed by atoms with van der Waals surface area (Å²) in [4.78, 5) is 1.22. The van der Waals surface area contributed by atoms with Gasteiger partial charge in [-0.15, -0.1) is 11.8 Å². The van der Waals surface area contributed by atoms with Crippen LogP contribution in [0.25, 0.3) is 0 Å². The number of nitrogens with two attached hydrogens (primary N) is 1. The number of thioether (sulfide) groups is 1. The smallest absolute Gasteiger partial charge is 0.127 e. The Kier molecular flexibility index (Phi) is 4.67. The maximum Gasteiger partial charge on any atom is 0.127 e. The van der Waals surface area contributed by atoms with E-state index in [-0.39, 0.29) is 0 Å². The minimum absolute atomic E-state index is 0.701. The molecule has 0 saturated heterocycles. The van der Waals surface area contributed by atoms with Gasteiger partial charge in [0.05, 0.1) is 0 Å². The van der Waals surface area contributed by atoms with Crippen LogP contribution >= 0.6 is 11.8 Å². The topological polar surface area (TPSA) is 35.2 Å². The van der Waals surface area contributed by atoms with E-state index in [9.17, 15) is 0 Å². The van der Waals surface area contributed by atoms with Crippen LogP contribution in [0, 0.1) is 6.92 Å². The first-order chi connectivity index (χ1) is 8.78. The minimum atomic E-state index is 0.701. The lowest BCUT2D eigenvalue weighted by atomic mass is 10.2. The average Bonchev–Trinajstić information content (AvgIpc) is 2.41. The van der Waals surface area contributed by atoms with Crippen molar-refractivity contribution >= 4 is 11.8 Å². The normalized spacial score (nSPS) is 10.3. The minimum Gasteiger partial charge on any atom is -0.457 e. The molecule has 18 heavy (non-hydrogen) atoms. The van der Waals surface area contributed by atoms with Gasteiger partial charge in [0.1, 0.15) is 11.5 Å². The van der Waals surface area contributed by atoms with Gasteiger partial charge in [0.15, 0.2) is 0 Å². The van der Waals surface area contributed by atoms with Gasteiger partial charge in [-0.3, -0.25) is 0 Å². The van der Waals surface area contributed by atoms with E-state index < -0.39 is 0 Å². The van der Waals surface area contributed by atoms with Crippen molar-refractivity contribution in [2.24, 2.45) is 5.73 Å². The van der Waals surface area contributed by atoms with Crippen LogP contribution in [0.4, 0.5) is 0 Å². The summed E-state index contributed by atoms with van der Waals surface area (Å²) in [6, 6.07) is 16.1. The lowest BCUT2D eigenvalue weighted by Crippen LogP contribution is -2.00. The van der Waals surface area contributed by atoms with Gasteiger partial charge in [-0.2, -0.15) is 0 Å². The second-order valence-corrected chi connectivity index (χ2v) is 5.19. The molecule has 0 amide bonds. The molecule has 2 rings (SSSR count). The molecule has 2 N–H and O–H groups in total. The Bertz CT molecular complexity index is 479. The summed E-state index contributed by atoms with van der Waals surface area (Å²) in [5, 5.41) is 0. The molecule has 0 atom stereocenters. The summed E-state index contributed by atoms with van der Waals surface area (Å²) in [5.41, 5.74) is 6.71. The fourth-order valence-electron chi connectivity index (χ4n) is 1.52. The van der Waals surface area contributed by atoms with Crippen molar-refractivity contribution in [2.45, 2.75) is 11.8 Å². The van der Waals surface area contributed by atoms with Gasteiger partial charge >= 0.3 is 0 Å². The van der Waals surface area contributed by atoms with E-state index in [2.05, 4.69) is 19.1 Å². The molecule has 0 aromatic heterocycles. The average molecular weight is 259 g/mol. The van der Waals surface area contributed by atoms with Crippen LogP contribution < -0.4 is 10.5 Å². The van der Waals surface area contributed by atoms with Crippen molar-refractivity contribution in [3.63, 3.8) is 0 Å². The summed E-state index contributed by atoms with van der Waals surface area (Å²) in [6.07, 6.45) is 0. The highest BCUT2D eigenvalue weighted by Gasteiger charge is 1.98. The summed E-state index contributed by atoms with van der Waals surface area (Å²) in [7, 11) is 0. The quantitative estimate of drug-likeness (QED) is 0.829.